The molecule has 0 amide bonds. The smallest absolute Gasteiger partial charge is 0.337 e. The molecule has 8 nitrogen and oxygen atoms in total. The Kier molecular flexibility index (Phi) is 7.16. The van der Waals surface area contributed by atoms with E-state index in [1.807, 2.05) is 36.7 Å². The quantitative estimate of drug-likeness (QED) is 0.317. The van der Waals surface area contributed by atoms with Crippen LogP contribution in [-0.2, 0) is 11.1 Å². The van der Waals surface area contributed by atoms with Gasteiger partial charge in [-0.1, -0.05) is 13.8 Å². The number of aromatic nitrogens is 4. The van der Waals surface area contributed by atoms with E-state index in [-0.39, 0.29) is 17.5 Å². The molecule has 0 radical (unpaired) electrons. The minimum atomic E-state index is -2.52. The summed E-state index contributed by atoms with van der Waals surface area (Å²) in [6.45, 7) is 10.9. The van der Waals surface area contributed by atoms with Gasteiger partial charge < -0.3 is 15.2 Å². The van der Waals surface area contributed by atoms with Gasteiger partial charge in [0.1, 0.15) is 24.3 Å². The van der Waals surface area contributed by atoms with E-state index in [1.54, 1.807) is 54.6 Å². The first-order valence-corrected chi connectivity index (χ1v) is 15.5. The number of aryl methyl sites for hydroxylation is 2. The van der Waals surface area contributed by atoms with E-state index in [0.717, 1.165) is 28.8 Å². The van der Waals surface area contributed by atoms with Crippen molar-refractivity contribution >= 4 is 18.1 Å². The van der Waals surface area contributed by atoms with Crippen LogP contribution in [-0.4, -0.2) is 44.8 Å². The van der Waals surface area contributed by atoms with Crippen molar-refractivity contribution in [2.75, 3.05) is 31.2 Å². The molecule has 0 spiro atoms. The van der Waals surface area contributed by atoms with Crippen LogP contribution in [0.3, 0.4) is 0 Å². The topological polar surface area (TPSA) is 85.9 Å². The van der Waals surface area contributed by atoms with Crippen molar-refractivity contribution in [1.82, 2.24) is 24.2 Å². The fourth-order valence-electron chi connectivity index (χ4n) is 5.60. The van der Waals surface area contributed by atoms with E-state index < -0.39 is 7.14 Å². The molecular formula is C29H36FN6O2P. The monoisotopic (exact) mass is 550 g/mol. The molecule has 0 saturated carbocycles. The van der Waals surface area contributed by atoms with Crippen molar-refractivity contribution < 1.29 is 8.96 Å². The van der Waals surface area contributed by atoms with E-state index in [9.17, 15) is 13.8 Å². The molecule has 1 unspecified atom stereocenters. The van der Waals surface area contributed by atoms with Gasteiger partial charge in [0.25, 0.3) is 0 Å². The van der Waals surface area contributed by atoms with Gasteiger partial charge in [-0.25, -0.2) is 9.18 Å². The number of benzene rings is 2. The fourth-order valence-corrected chi connectivity index (χ4v) is 7.69. The van der Waals surface area contributed by atoms with Gasteiger partial charge in [-0.05, 0) is 62.2 Å². The van der Waals surface area contributed by atoms with Crippen molar-refractivity contribution in [2.24, 2.45) is 0 Å². The van der Waals surface area contributed by atoms with Crippen LogP contribution in [0, 0.1) is 19.7 Å². The van der Waals surface area contributed by atoms with Crippen LogP contribution in [0.2, 0.25) is 0 Å². The molecule has 0 bridgehead atoms. The molecule has 0 aliphatic carbocycles. The lowest BCUT2D eigenvalue weighted by Gasteiger charge is -2.23. The predicted molar refractivity (Wildman–Crippen MR) is 156 cm³/mol. The van der Waals surface area contributed by atoms with Crippen molar-refractivity contribution in [1.29, 1.82) is 0 Å². The Morgan fingerprint density at radius 3 is 2.41 bits per heavy atom. The fraction of sp³-hybridized carbons (Fsp3) is 0.379. The SMILES string of the molecule is CCP(=O)(CC)c1ccc(-n2ccn(-c3c(-c4cc(C)c(F)c(C)c4)nn4c3C(C)NCC4)c2=O)cc1NC. The van der Waals surface area contributed by atoms with Crippen LogP contribution in [0.1, 0.15) is 43.6 Å². The van der Waals surface area contributed by atoms with Crippen molar-refractivity contribution in [3.63, 3.8) is 0 Å². The van der Waals surface area contributed by atoms with Crippen molar-refractivity contribution in [3.8, 4) is 22.6 Å². The predicted octanol–water partition coefficient (Wildman–Crippen LogP) is 4.98. The normalized spacial score (nSPS) is 15.4. The molecule has 206 valence electrons. The summed E-state index contributed by atoms with van der Waals surface area (Å²) in [5.74, 6) is -0.234. The van der Waals surface area contributed by atoms with Gasteiger partial charge in [0.2, 0.25) is 0 Å². The Labute approximate surface area is 228 Å². The Balaban J connectivity index is 1.69. The van der Waals surface area contributed by atoms with E-state index in [2.05, 4.69) is 17.6 Å². The zero-order valence-electron chi connectivity index (χ0n) is 23.4. The summed E-state index contributed by atoms with van der Waals surface area (Å²) in [7, 11) is -0.713. The first kappa shape index (κ1) is 27.2. The lowest BCUT2D eigenvalue weighted by atomic mass is 10.0. The molecule has 2 N–H and O–H groups in total. The number of imidazole rings is 1. The van der Waals surface area contributed by atoms with Gasteiger partial charge in [-0.2, -0.15) is 5.10 Å². The second-order valence-corrected chi connectivity index (χ2v) is 13.7. The first-order valence-electron chi connectivity index (χ1n) is 13.5. The van der Waals surface area contributed by atoms with Gasteiger partial charge in [-0.15, -0.1) is 0 Å². The highest BCUT2D eigenvalue weighted by Crippen LogP contribution is 2.45. The first-order chi connectivity index (χ1) is 18.6. The molecule has 10 heteroatoms. The molecule has 1 aliphatic heterocycles. The number of nitrogens with one attached hydrogen (secondary N) is 2. The summed E-state index contributed by atoms with van der Waals surface area (Å²) >= 11 is 0. The molecular weight excluding hydrogens is 514 g/mol. The third kappa shape index (κ3) is 4.47. The van der Waals surface area contributed by atoms with E-state index in [1.165, 1.54) is 0 Å². The molecule has 5 rings (SSSR count). The van der Waals surface area contributed by atoms with E-state index in [0.29, 0.717) is 47.1 Å². The third-order valence-electron chi connectivity index (χ3n) is 7.87. The van der Waals surface area contributed by atoms with Gasteiger partial charge in [0, 0.05) is 60.9 Å². The standard InChI is InChI=1S/C29H36FN6O2P/c1-7-39(38,8-2)24-10-9-22(17-23(24)31-6)34-13-14-35(29(34)37)28-26(21-15-18(3)25(30)19(4)16-21)33-36-12-11-32-20(5)27(28)36/h9-10,13-17,20,31-32H,7-8,11-12H2,1-6H3. The second-order valence-electron chi connectivity index (χ2n) is 10.2. The third-order valence-corrected chi connectivity index (χ3v) is 11.2. The zero-order chi connectivity index (χ0) is 28.1. The summed E-state index contributed by atoms with van der Waals surface area (Å²) in [6, 6.07) is 9.16. The molecule has 0 saturated heterocycles. The van der Waals surface area contributed by atoms with Gasteiger partial charge >= 0.3 is 5.69 Å². The number of anilines is 1. The number of hydrogen-bond acceptors (Lipinski definition) is 5. The minimum absolute atomic E-state index is 0.0275. The average molecular weight is 551 g/mol. The molecule has 1 aliphatic rings. The molecule has 0 fully saturated rings. The molecule has 3 heterocycles. The summed E-state index contributed by atoms with van der Waals surface area (Å²) in [5, 5.41) is 12.4. The number of nitrogens with zero attached hydrogens (tertiary/aromatic N) is 4. The van der Waals surface area contributed by atoms with Gasteiger partial charge in [0.15, 0.2) is 0 Å². The summed E-state index contributed by atoms with van der Waals surface area (Å²) < 4.78 is 33.1. The molecule has 39 heavy (non-hydrogen) atoms. The Morgan fingerprint density at radius 2 is 1.77 bits per heavy atom. The van der Waals surface area contributed by atoms with E-state index in [4.69, 9.17) is 5.10 Å². The highest BCUT2D eigenvalue weighted by Gasteiger charge is 2.29. The van der Waals surface area contributed by atoms with Crippen LogP contribution in [0.25, 0.3) is 22.6 Å². The summed E-state index contributed by atoms with van der Waals surface area (Å²) in [6.07, 6.45) is 4.66. The second kappa shape index (κ2) is 10.3. The summed E-state index contributed by atoms with van der Waals surface area (Å²) in [4.78, 5) is 14.0. The average Bonchev–Trinajstić information content (AvgIpc) is 3.51. The van der Waals surface area contributed by atoms with Crippen molar-refractivity contribution in [2.45, 2.75) is 47.2 Å². The largest absolute Gasteiger partial charge is 0.387 e. The zero-order valence-corrected chi connectivity index (χ0v) is 24.3. The Morgan fingerprint density at radius 1 is 1.10 bits per heavy atom. The highest BCUT2D eigenvalue weighted by molar-refractivity contribution is 7.71. The molecule has 1 atom stereocenters. The lowest BCUT2D eigenvalue weighted by molar-refractivity contribution is 0.419. The van der Waals surface area contributed by atoms with Gasteiger partial charge in [-0.3, -0.25) is 13.8 Å². The number of halogens is 1. The number of hydrogen-bond donors (Lipinski definition) is 2. The van der Waals surface area contributed by atoms with Crippen LogP contribution in [0.15, 0.2) is 47.5 Å². The number of fused-ring (bicyclic) bond motifs is 1. The molecule has 4 aromatic rings. The van der Waals surface area contributed by atoms with E-state index >= 15 is 0 Å². The molecule has 2 aromatic carbocycles. The Hall–Kier alpha value is -3.42. The number of rotatable bonds is 7. The highest BCUT2D eigenvalue weighted by atomic mass is 31.2. The Bertz CT molecular complexity index is 1640. The maximum atomic E-state index is 14.5. The van der Waals surface area contributed by atoms with Gasteiger partial charge in [0.05, 0.1) is 17.9 Å². The maximum absolute atomic E-state index is 14.5. The van der Waals surface area contributed by atoms with Crippen LogP contribution in [0.5, 0.6) is 0 Å². The lowest BCUT2D eigenvalue weighted by Crippen LogP contribution is -2.33. The van der Waals surface area contributed by atoms with Crippen molar-refractivity contribution in [3.05, 3.63) is 75.8 Å². The van der Waals surface area contributed by atoms with Crippen LogP contribution >= 0.6 is 7.14 Å². The van der Waals surface area contributed by atoms with Crippen LogP contribution < -0.4 is 21.6 Å². The van der Waals surface area contributed by atoms with Crippen LogP contribution in [0.4, 0.5) is 10.1 Å². The molecule has 2 aromatic heterocycles. The minimum Gasteiger partial charge on any atom is -0.387 e. The maximum Gasteiger partial charge on any atom is 0.337 e. The summed E-state index contributed by atoms with van der Waals surface area (Å²) in [5.41, 5.74) is 5.28.